The molecule has 1 aliphatic heterocycles. The third kappa shape index (κ3) is 4.70. The number of rotatable bonds is 3. The molecule has 1 aliphatic rings. The molecule has 2 heterocycles. The average Bonchev–Trinajstić information content (AvgIpc) is 2.65. The van der Waals surface area contributed by atoms with Gasteiger partial charge in [-0.15, -0.1) is 0 Å². The van der Waals surface area contributed by atoms with E-state index in [1.54, 1.807) is 4.90 Å². The van der Waals surface area contributed by atoms with E-state index in [1.165, 1.54) is 5.56 Å². The zero-order valence-corrected chi connectivity index (χ0v) is 15.4. The Balaban J connectivity index is 1.83. The van der Waals surface area contributed by atoms with Gasteiger partial charge in [-0.05, 0) is 20.8 Å². The number of nitrogens with one attached hydrogen (secondary N) is 1. The van der Waals surface area contributed by atoms with Crippen LogP contribution in [0.5, 0.6) is 0 Å². The summed E-state index contributed by atoms with van der Waals surface area (Å²) in [6.07, 6.45) is 1.84. The van der Waals surface area contributed by atoms with Gasteiger partial charge in [0.15, 0.2) is 0 Å². The van der Waals surface area contributed by atoms with E-state index in [1.807, 2.05) is 32.5 Å². The Kier molecular flexibility index (Phi) is 4.76. The Labute approximate surface area is 139 Å². The van der Waals surface area contributed by atoms with Crippen LogP contribution in [-0.2, 0) is 23.7 Å². The highest BCUT2D eigenvalue weighted by molar-refractivity contribution is 5.69. The molecule has 1 saturated heterocycles. The molecule has 130 valence electrons. The van der Waals surface area contributed by atoms with Crippen molar-refractivity contribution in [2.45, 2.75) is 65.1 Å². The van der Waals surface area contributed by atoms with E-state index in [-0.39, 0.29) is 11.5 Å². The van der Waals surface area contributed by atoms with E-state index < -0.39 is 5.60 Å². The fourth-order valence-corrected chi connectivity index (χ4v) is 2.64. The van der Waals surface area contributed by atoms with Crippen molar-refractivity contribution in [3.8, 4) is 0 Å². The number of hydrogen-bond donors (Lipinski definition) is 1. The van der Waals surface area contributed by atoms with Crippen LogP contribution in [0.4, 0.5) is 4.79 Å². The van der Waals surface area contributed by atoms with Gasteiger partial charge in [-0.2, -0.15) is 5.10 Å². The summed E-state index contributed by atoms with van der Waals surface area (Å²) in [4.78, 5) is 13.6. The summed E-state index contributed by atoms with van der Waals surface area (Å²) >= 11 is 0. The van der Waals surface area contributed by atoms with Crippen LogP contribution < -0.4 is 5.32 Å². The molecule has 0 radical (unpaired) electrons. The second-order valence-corrected chi connectivity index (χ2v) is 8.39. The van der Waals surface area contributed by atoms with E-state index in [2.05, 4.69) is 37.4 Å². The summed E-state index contributed by atoms with van der Waals surface area (Å²) in [5.41, 5.74) is 1.93. The summed E-state index contributed by atoms with van der Waals surface area (Å²) in [6, 6.07) is 0.315. The molecule has 1 amide bonds. The molecule has 0 aliphatic carbocycles. The first-order valence-corrected chi connectivity index (χ1v) is 8.20. The van der Waals surface area contributed by atoms with Gasteiger partial charge in [-0.1, -0.05) is 20.8 Å². The maximum absolute atomic E-state index is 11.9. The molecule has 2 rings (SSSR count). The second kappa shape index (κ2) is 6.15. The molecule has 0 unspecified atom stereocenters. The molecule has 23 heavy (non-hydrogen) atoms. The van der Waals surface area contributed by atoms with Crippen LogP contribution in [0, 0.1) is 0 Å². The standard InChI is InChI=1S/C17H30N4O2/c1-16(2,3)14-12(9-20(7)19-14)8-18-13-10-21(11-13)15(22)23-17(4,5)6/h9,13,18H,8,10-11H2,1-7H3. The molecular weight excluding hydrogens is 292 g/mol. The number of carbonyl (C=O) groups is 1. The Hall–Kier alpha value is -1.56. The maximum Gasteiger partial charge on any atom is 0.410 e. The predicted molar refractivity (Wildman–Crippen MR) is 90.3 cm³/mol. The Morgan fingerprint density at radius 3 is 2.43 bits per heavy atom. The smallest absolute Gasteiger partial charge is 0.410 e. The van der Waals surface area contributed by atoms with Crippen LogP contribution in [0.1, 0.15) is 52.8 Å². The minimum absolute atomic E-state index is 0.0282. The van der Waals surface area contributed by atoms with E-state index in [4.69, 9.17) is 4.74 Å². The van der Waals surface area contributed by atoms with Crippen LogP contribution in [0.15, 0.2) is 6.20 Å². The molecule has 0 saturated carbocycles. The van der Waals surface area contributed by atoms with Gasteiger partial charge in [0.1, 0.15) is 5.60 Å². The van der Waals surface area contributed by atoms with Gasteiger partial charge in [0, 0.05) is 49.9 Å². The Bertz CT molecular complexity index is 560. The van der Waals surface area contributed by atoms with Crippen molar-refractivity contribution in [2.75, 3.05) is 13.1 Å². The zero-order valence-electron chi connectivity index (χ0n) is 15.4. The van der Waals surface area contributed by atoms with E-state index >= 15 is 0 Å². The van der Waals surface area contributed by atoms with E-state index in [0.29, 0.717) is 19.1 Å². The van der Waals surface area contributed by atoms with Gasteiger partial charge in [0.05, 0.1) is 5.69 Å². The van der Waals surface area contributed by atoms with Crippen LogP contribution in [-0.4, -0.2) is 45.5 Å². The number of likely N-dealkylation sites (tertiary alicyclic amines) is 1. The summed E-state index contributed by atoms with van der Waals surface area (Å²) < 4.78 is 7.23. The van der Waals surface area contributed by atoms with Crippen molar-refractivity contribution < 1.29 is 9.53 Å². The predicted octanol–water partition coefficient (Wildman–Crippen LogP) is 2.43. The van der Waals surface area contributed by atoms with Crippen molar-refractivity contribution >= 4 is 6.09 Å². The lowest BCUT2D eigenvalue weighted by Crippen LogP contribution is -2.60. The Morgan fingerprint density at radius 1 is 1.30 bits per heavy atom. The monoisotopic (exact) mass is 322 g/mol. The number of ether oxygens (including phenoxy) is 1. The van der Waals surface area contributed by atoms with Crippen molar-refractivity contribution in [3.05, 3.63) is 17.5 Å². The lowest BCUT2D eigenvalue weighted by atomic mass is 9.89. The highest BCUT2D eigenvalue weighted by Gasteiger charge is 2.33. The summed E-state index contributed by atoms with van der Waals surface area (Å²) in [5, 5.41) is 8.09. The summed E-state index contributed by atoms with van der Waals surface area (Å²) in [5.74, 6) is 0. The van der Waals surface area contributed by atoms with Crippen molar-refractivity contribution in [3.63, 3.8) is 0 Å². The van der Waals surface area contributed by atoms with Crippen LogP contribution in [0.2, 0.25) is 0 Å². The van der Waals surface area contributed by atoms with Crippen molar-refractivity contribution in [1.82, 2.24) is 20.0 Å². The van der Waals surface area contributed by atoms with Crippen LogP contribution in [0.25, 0.3) is 0 Å². The van der Waals surface area contributed by atoms with Crippen LogP contribution in [0.3, 0.4) is 0 Å². The third-order valence-corrected chi connectivity index (χ3v) is 3.73. The van der Waals surface area contributed by atoms with Gasteiger partial charge in [0.2, 0.25) is 0 Å². The number of nitrogens with zero attached hydrogens (tertiary/aromatic N) is 3. The molecular formula is C17H30N4O2. The molecule has 0 bridgehead atoms. The minimum atomic E-state index is -0.438. The lowest BCUT2D eigenvalue weighted by Gasteiger charge is -2.40. The van der Waals surface area contributed by atoms with Gasteiger partial charge in [0.25, 0.3) is 0 Å². The van der Waals surface area contributed by atoms with E-state index in [9.17, 15) is 4.79 Å². The number of aryl methyl sites for hydroxylation is 1. The fraction of sp³-hybridized carbons (Fsp3) is 0.765. The zero-order chi connectivity index (χ0) is 17.4. The SMILES string of the molecule is Cn1cc(CNC2CN(C(=O)OC(C)(C)C)C2)c(C(C)(C)C)n1. The number of hydrogen-bond acceptors (Lipinski definition) is 4. The third-order valence-electron chi connectivity index (χ3n) is 3.73. The molecule has 0 atom stereocenters. The number of carbonyl (C=O) groups excluding carboxylic acids is 1. The Morgan fingerprint density at radius 2 is 1.91 bits per heavy atom. The average molecular weight is 322 g/mol. The van der Waals surface area contributed by atoms with E-state index in [0.717, 1.165) is 12.2 Å². The fourth-order valence-electron chi connectivity index (χ4n) is 2.64. The number of amides is 1. The molecule has 1 aromatic heterocycles. The van der Waals surface area contributed by atoms with Gasteiger partial charge in [-0.25, -0.2) is 4.79 Å². The molecule has 0 spiro atoms. The molecule has 6 heteroatoms. The lowest BCUT2D eigenvalue weighted by molar-refractivity contribution is 0.00518. The maximum atomic E-state index is 11.9. The topological polar surface area (TPSA) is 59.4 Å². The first-order chi connectivity index (χ1) is 10.5. The van der Waals surface area contributed by atoms with Crippen molar-refractivity contribution in [1.29, 1.82) is 0 Å². The van der Waals surface area contributed by atoms with Gasteiger partial charge >= 0.3 is 6.09 Å². The van der Waals surface area contributed by atoms with Gasteiger partial charge in [-0.3, -0.25) is 4.68 Å². The second-order valence-electron chi connectivity index (χ2n) is 8.39. The summed E-state index contributed by atoms with van der Waals surface area (Å²) in [6.45, 7) is 14.3. The molecule has 1 aromatic rings. The molecule has 0 aromatic carbocycles. The first-order valence-electron chi connectivity index (χ1n) is 8.20. The highest BCUT2D eigenvalue weighted by atomic mass is 16.6. The highest BCUT2D eigenvalue weighted by Crippen LogP contribution is 2.24. The molecule has 6 nitrogen and oxygen atoms in total. The minimum Gasteiger partial charge on any atom is -0.444 e. The molecule has 1 fully saturated rings. The molecule has 1 N–H and O–H groups in total. The first kappa shape index (κ1) is 17.8. The number of aromatic nitrogens is 2. The summed E-state index contributed by atoms with van der Waals surface area (Å²) in [7, 11) is 1.95. The van der Waals surface area contributed by atoms with Gasteiger partial charge < -0.3 is 15.0 Å². The van der Waals surface area contributed by atoms with Crippen molar-refractivity contribution in [2.24, 2.45) is 7.05 Å². The quantitative estimate of drug-likeness (QED) is 0.928. The normalized spacial score (nSPS) is 16.4. The largest absolute Gasteiger partial charge is 0.444 e. The van der Waals surface area contributed by atoms with Crippen LogP contribution >= 0.6 is 0 Å².